The lowest BCUT2D eigenvalue weighted by Crippen LogP contribution is -2.05. The Bertz CT molecular complexity index is 561. The maximum atomic E-state index is 6.02. The Morgan fingerprint density at radius 2 is 1.84 bits per heavy atom. The zero-order valence-corrected chi connectivity index (χ0v) is 12.1. The fraction of sp³-hybridized carbons (Fsp3) is 0.267. The van der Waals surface area contributed by atoms with E-state index in [-0.39, 0.29) is 0 Å². The monoisotopic (exact) mass is 276 g/mol. The molecule has 19 heavy (non-hydrogen) atoms. The van der Waals surface area contributed by atoms with Crippen molar-refractivity contribution in [3.63, 3.8) is 0 Å². The molecule has 1 N–H and O–H groups in total. The highest BCUT2D eigenvalue weighted by Crippen LogP contribution is 2.31. The zero-order valence-electron chi connectivity index (χ0n) is 11.3. The lowest BCUT2D eigenvalue weighted by Gasteiger charge is -2.12. The molecular formula is C15H17ClN2O. The van der Waals surface area contributed by atoms with Gasteiger partial charge in [0.1, 0.15) is 11.5 Å². The standard InChI is InChI=1S/C15H17ClN2O/c1-10-4-13(16)5-11(2)15(10)19-14-6-12(7-17-3)8-18-9-14/h4-6,8-9,17H,7H2,1-3H3. The summed E-state index contributed by atoms with van der Waals surface area (Å²) in [5.41, 5.74) is 3.12. The smallest absolute Gasteiger partial charge is 0.146 e. The second-order valence-electron chi connectivity index (χ2n) is 4.53. The molecule has 1 aromatic carbocycles. The van der Waals surface area contributed by atoms with Crippen LogP contribution in [0.4, 0.5) is 0 Å². The molecule has 100 valence electrons. The topological polar surface area (TPSA) is 34.2 Å². The van der Waals surface area contributed by atoms with Crippen molar-refractivity contribution in [2.75, 3.05) is 7.05 Å². The number of hydrogen-bond donors (Lipinski definition) is 1. The minimum Gasteiger partial charge on any atom is -0.455 e. The van der Waals surface area contributed by atoms with Gasteiger partial charge in [0.05, 0.1) is 6.20 Å². The van der Waals surface area contributed by atoms with E-state index in [4.69, 9.17) is 16.3 Å². The molecule has 3 nitrogen and oxygen atoms in total. The molecule has 2 rings (SSSR count). The number of nitrogens with zero attached hydrogens (tertiary/aromatic N) is 1. The number of halogens is 1. The molecule has 2 aromatic rings. The van der Waals surface area contributed by atoms with Gasteiger partial charge < -0.3 is 10.1 Å². The highest BCUT2D eigenvalue weighted by atomic mass is 35.5. The van der Waals surface area contributed by atoms with Crippen LogP contribution in [0.15, 0.2) is 30.6 Å². The van der Waals surface area contributed by atoms with Crippen LogP contribution >= 0.6 is 11.6 Å². The van der Waals surface area contributed by atoms with Crippen LogP contribution in [0.1, 0.15) is 16.7 Å². The van der Waals surface area contributed by atoms with E-state index in [1.54, 1.807) is 6.20 Å². The molecule has 0 spiro atoms. The summed E-state index contributed by atoms with van der Waals surface area (Å²) < 4.78 is 5.93. The zero-order chi connectivity index (χ0) is 13.8. The van der Waals surface area contributed by atoms with Crippen LogP contribution in [0.25, 0.3) is 0 Å². The van der Waals surface area contributed by atoms with Crippen molar-refractivity contribution in [1.29, 1.82) is 0 Å². The number of ether oxygens (including phenoxy) is 1. The average Bonchev–Trinajstić information content (AvgIpc) is 2.35. The van der Waals surface area contributed by atoms with Gasteiger partial charge >= 0.3 is 0 Å². The summed E-state index contributed by atoms with van der Waals surface area (Å²) in [6, 6.07) is 5.78. The van der Waals surface area contributed by atoms with Gasteiger partial charge in [-0.05, 0) is 55.8 Å². The Balaban J connectivity index is 2.28. The van der Waals surface area contributed by atoms with Crippen LogP contribution in [0, 0.1) is 13.8 Å². The third kappa shape index (κ3) is 3.46. The Morgan fingerprint density at radius 1 is 1.16 bits per heavy atom. The van der Waals surface area contributed by atoms with Crippen molar-refractivity contribution in [1.82, 2.24) is 10.3 Å². The third-order valence-electron chi connectivity index (χ3n) is 2.80. The van der Waals surface area contributed by atoms with E-state index < -0.39 is 0 Å². The quantitative estimate of drug-likeness (QED) is 0.921. The lowest BCUT2D eigenvalue weighted by molar-refractivity contribution is 0.472. The predicted octanol–water partition coefficient (Wildman–Crippen LogP) is 3.86. The third-order valence-corrected chi connectivity index (χ3v) is 3.01. The Morgan fingerprint density at radius 3 is 2.47 bits per heavy atom. The van der Waals surface area contributed by atoms with Crippen molar-refractivity contribution >= 4 is 11.6 Å². The fourth-order valence-electron chi connectivity index (χ4n) is 2.00. The summed E-state index contributed by atoms with van der Waals surface area (Å²) in [6.45, 7) is 4.74. The van der Waals surface area contributed by atoms with Gasteiger partial charge in [0.15, 0.2) is 0 Å². The number of aryl methyl sites for hydroxylation is 2. The molecule has 1 aromatic heterocycles. The van der Waals surface area contributed by atoms with Crippen LogP contribution in [-0.4, -0.2) is 12.0 Å². The van der Waals surface area contributed by atoms with Crippen molar-refractivity contribution in [2.24, 2.45) is 0 Å². The molecule has 0 bridgehead atoms. The number of aromatic nitrogens is 1. The van der Waals surface area contributed by atoms with Gasteiger partial charge in [0.25, 0.3) is 0 Å². The van der Waals surface area contributed by atoms with E-state index in [0.717, 1.165) is 39.8 Å². The summed E-state index contributed by atoms with van der Waals surface area (Å²) in [7, 11) is 1.90. The summed E-state index contributed by atoms with van der Waals surface area (Å²) >= 11 is 6.02. The normalized spacial score (nSPS) is 10.5. The van der Waals surface area contributed by atoms with Gasteiger partial charge in [-0.3, -0.25) is 4.98 Å². The molecule has 0 unspecified atom stereocenters. The molecule has 0 radical (unpaired) electrons. The van der Waals surface area contributed by atoms with Gasteiger partial charge in [0, 0.05) is 17.8 Å². The van der Waals surface area contributed by atoms with E-state index in [1.165, 1.54) is 0 Å². The van der Waals surface area contributed by atoms with Crippen LogP contribution in [0.5, 0.6) is 11.5 Å². The van der Waals surface area contributed by atoms with Gasteiger partial charge in [-0.15, -0.1) is 0 Å². The largest absolute Gasteiger partial charge is 0.455 e. The molecule has 0 saturated heterocycles. The Labute approximate surface area is 118 Å². The lowest BCUT2D eigenvalue weighted by atomic mass is 10.1. The molecule has 0 aliphatic carbocycles. The minimum absolute atomic E-state index is 0.726. The van der Waals surface area contributed by atoms with Crippen molar-refractivity contribution < 1.29 is 4.74 Å². The molecule has 0 atom stereocenters. The SMILES string of the molecule is CNCc1cncc(Oc2c(C)cc(Cl)cc2C)c1. The molecular weight excluding hydrogens is 260 g/mol. The summed E-state index contributed by atoms with van der Waals surface area (Å²) in [4.78, 5) is 4.19. The minimum atomic E-state index is 0.726. The van der Waals surface area contributed by atoms with Crippen LogP contribution in [0.2, 0.25) is 5.02 Å². The first-order valence-corrected chi connectivity index (χ1v) is 6.51. The first-order valence-electron chi connectivity index (χ1n) is 6.13. The Hall–Kier alpha value is -1.58. The first-order chi connectivity index (χ1) is 9.10. The molecule has 1 heterocycles. The van der Waals surface area contributed by atoms with E-state index in [9.17, 15) is 0 Å². The van der Waals surface area contributed by atoms with Crippen LogP contribution in [-0.2, 0) is 6.54 Å². The van der Waals surface area contributed by atoms with Crippen molar-refractivity contribution in [3.05, 3.63) is 52.3 Å². The van der Waals surface area contributed by atoms with Crippen LogP contribution < -0.4 is 10.1 Å². The molecule has 0 amide bonds. The number of nitrogens with one attached hydrogen (secondary N) is 1. The molecule has 0 fully saturated rings. The maximum Gasteiger partial charge on any atom is 0.146 e. The summed E-state index contributed by atoms with van der Waals surface area (Å²) in [5, 5.41) is 3.82. The van der Waals surface area contributed by atoms with Gasteiger partial charge in [-0.1, -0.05) is 11.6 Å². The van der Waals surface area contributed by atoms with E-state index >= 15 is 0 Å². The number of pyridine rings is 1. The summed E-state index contributed by atoms with van der Waals surface area (Å²) in [6.07, 6.45) is 3.54. The fourth-order valence-corrected chi connectivity index (χ4v) is 2.32. The number of hydrogen-bond acceptors (Lipinski definition) is 3. The first kappa shape index (κ1) is 13.8. The molecule has 0 aliphatic rings. The van der Waals surface area contributed by atoms with Gasteiger partial charge in [-0.2, -0.15) is 0 Å². The van der Waals surface area contributed by atoms with E-state index in [1.807, 2.05) is 45.3 Å². The highest BCUT2D eigenvalue weighted by Gasteiger charge is 2.07. The molecule has 0 aliphatic heterocycles. The van der Waals surface area contributed by atoms with Gasteiger partial charge in [0.2, 0.25) is 0 Å². The second-order valence-corrected chi connectivity index (χ2v) is 4.97. The second kappa shape index (κ2) is 6.04. The summed E-state index contributed by atoms with van der Waals surface area (Å²) in [5.74, 6) is 1.58. The highest BCUT2D eigenvalue weighted by molar-refractivity contribution is 6.30. The van der Waals surface area contributed by atoms with Gasteiger partial charge in [-0.25, -0.2) is 0 Å². The maximum absolute atomic E-state index is 6.02. The molecule has 0 saturated carbocycles. The van der Waals surface area contributed by atoms with Crippen molar-refractivity contribution in [3.8, 4) is 11.5 Å². The van der Waals surface area contributed by atoms with Crippen molar-refractivity contribution in [2.45, 2.75) is 20.4 Å². The number of benzene rings is 1. The average molecular weight is 277 g/mol. The predicted molar refractivity (Wildman–Crippen MR) is 78.0 cm³/mol. The van der Waals surface area contributed by atoms with E-state index in [0.29, 0.717) is 0 Å². The number of rotatable bonds is 4. The van der Waals surface area contributed by atoms with E-state index in [2.05, 4.69) is 10.3 Å². The van der Waals surface area contributed by atoms with Crippen LogP contribution in [0.3, 0.4) is 0 Å². The Kier molecular flexibility index (Phi) is 4.40. The molecule has 4 heteroatoms.